The van der Waals surface area contributed by atoms with E-state index in [0.717, 1.165) is 44.9 Å². The Morgan fingerprint density at radius 3 is 2.44 bits per heavy atom. The molecule has 2 fully saturated rings. The molecule has 2 heterocycles. The minimum atomic E-state index is -3.60. The first kappa shape index (κ1) is 25.3. The Labute approximate surface area is 204 Å². The molecule has 0 unspecified atom stereocenters. The van der Waals surface area contributed by atoms with Crippen molar-refractivity contribution < 1.29 is 22.7 Å². The van der Waals surface area contributed by atoms with Crippen molar-refractivity contribution in [2.75, 3.05) is 52.5 Å². The predicted molar refractivity (Wildman–Crippen MR) is 131 cm³/mol. The molecule has 1 amide bonds. The van der Waals surface area contributed by atoms with Gasteiger partial charge in [0.25, 0.3) is 0 Å². The fraction of sp³-hybridized carbons (Fsp3) is 0.720. The average Bonchev–Trinajstić information content (AvgIpc) is 2.86. The molecule has 1 aromatic carbocycles. The number of hydrogen-bond donors (Lipinski definition) is 1. The van der Waals surface area contributed by atoms with Gasteiger partial charge in [0.1, 0.15) is 13.2 Å². The monoisotopic (exact) mass is 493 g/mol. The summed E-state index contributed by atoms with van der Waals surface area (Å²) < 4.78 is 38.7. The molecule has 1 aromatic rings. The van der Waals surface area contributed by atoms with E-state index in [1.807, 2.05) is 4.90 Å². The van der Waals surface area contributed by atoms with Crippen molar-refractivity contribution in [3.63, 3.8) is 0 Å². The van der Waals surface area contributed by atoms with Crippen molar-refractivity contribution in [1.29, 1.82) is 0 Å². The van der Waals surface area contributed by atoms with Crippen LogP contribution in [0.2, 0.25) is 0 Å². The summed E-state index contributed by atoms with van der Waals surface area (Å²) in [7, 11) is -3.60. The minimum absolute atomic E-state index is 0.176. The molecule has 0 radical (unpaired) electrons. The van der Waals surface area contributed by atoms with Crippen LogP contribution in [0.4, 0.5) is 0 Å². The lowest BCUT2D eigenvalue weighted by Crippen LogP contribution is -2.49. The summed E-state index contributed by atoms with van der Waals surface area (Å²) in [5, 5.41) is 0. The zero-order chi connectivity index (χ0) is 23.8. The summed E-state index contributed by atoms with van der Waals surface area (Å²) in [6, 6.07) is 4.66. The molecule has 3 aliphatic rings. The van der Waals surface area contributed by atoms with Gasteiger partial charge >= 0.3 is 0 Å². The smallest absolute Gasteiger partial charge is 0.240 e. The molecule has 34 heavy (non-hydrogen) atoms. The molecular formula is C25H39N3O5S. The fourth-order valence-electron chi connectivity index (χ4n) is 5.13. The van der Waals surface area contributed by atoms with E-state index in [-0.39, 0.29) is 10.8 Å². The number of carbonyl (C=O) groups excluding carboxylic acids is 1. The summed E-state index contributed by atoms with van der Waals surface area (Å²) in [4.78, 5) is 17.3. The van der Waals surface area contributed by atoms with Crippen LogP contribution in [0.1, 0.15) is 57.8 Å². The lowest BCUT2D eigenvalue weighted by Gasteiger charge is -2.37. The van der Waals surface area contributed by atoms with Crippen molar-refractivity contribution in [2.45, 2.75) is 62.7 Å². The van der Waals surface area contributed by atoms with Gasteiger partial charge in [-0.15, -0.1) is 0 Å². The lowest BCUT2D eigenvalue weighted by molar-refractivity contribution is -0.133. The number of carbonyl (C=O) groups is 1. The van der Waals surface area contributed by atoms with Crippen molar-refractivity contribution in [3.8, 4) is 11.5 Å². The highest BCUT2D eigenvalue weighted by atomic mass is 32.2. The maximum Gasteiger partial charge on any atom is 0.240 e. The second-order valence-electron chi connectivity index (χ2n) is 9.70. The van der Waals surface area contributed by atoms with Crippen LogP contribution in [0.15, 0.2) is 23.1 Å². The molecule has 0 spiro atoms. The van der Waals surface area contributed by atoms with Gasteiger partial charge in [-0.05, 0) is 43.7 Å². The number of nitrogens with one attached hydrogen (secondary N) is 1. The quantitative estimate of drug-likeness (QED) is 0.504. The van der Waals surface area contributed by atoms with Crippen LogP contribution < -0.4 is 14.2 Å². The van der Waals surface area contributed by atoms with Gasteiger partial charge in [0, 0.05) is 51.8 Å². The summed E-state index contributed by atoms with van der Waals surface area (Å²) in [5.41, 5.74) is 0. The molecule has 1 saturated heterocycles. The minimum Gasteiger partial charge on any atom is -0.486 e. The summed E-state index contributed by atoms with van der Waals surface area (Å²) in [6.07, 6.45) is 9.72. The highest BCUT2D eigenvalue weighted by Gasteiger charge is 2.24. The summed E-state index contributed by atoms with van der Waals surface area (Å²) >= 11 is 0. The number of amides is 1. The van der Waals surface area contributed by atoms with Gasteiger partial charge in [-0.25, -0.2) is 13.1 Å². The van der Waals surface area contributed by atoms with Crippen LogP contribution in [0.5, 0.6) is 11.5 Å². The molecule has 0 bridgehead atoms. The van der Waals surface area contributed by atoms with Crippen LogP contribution >= 0.6 is 0 Å². The summed E-state index contributed by atoms with van der Waals surface area (Å²) in [6.45, 7) is 6.08. The standard InChI is InChI=1S/C25H39N3O5S/c29-25(28-15-13-27(14-16-28)20-21-7-3-1-4-8-21)9-5-2-6-12-26-34(30,31)22-10-11-23-24(19-22)33-18-17-32-23/h10-11,19,21,26H,1-9,12-18,20H2. The predicted octanol–water partition coefficient (Wildman–Crippen LogP) is 3.02. The Kier molecular flexibility index (Phi) is 9.08. The molecule has 8 nitrogen and oxygen atoms in total. The molecule has 0 aromatic heterocycles. The first-order valence-corrected chi connectivity index (χ1v) is 14.4. The van der Waals surface area contributed by atoms with Crippen LogP contribution in [-0.4, -0.2) is 76.6 Å². The van der Waals surface area contributed by atoms with Crippen LogP contribution in [0.3, 0.4) is 0 Å². The lowest BCUT2D eigenvalue weighted by atomic mass is 9.89. The molecule has 9 heteroatoms. The zero-order valence-electron chi connectivity index (χ0n) is 20.2. The summed E-state index contributed by atoms with van der Waals surface area (Å²) in [5.74, 6) is 2.11. The highest BCUT2D eigenvalue weighted by Crippen LogP contribution is 2.32. The van der Waals surface area contributed by atoms with Crippen LogP contribution in [0.25, 0.3) is 0 Å². The van der Waals surface area contributed by atoms with E-state index in [9.17, 15) is 13.2 Å². The van der Waals surface area contributed by atoms with Gasteiger partial charge in [-0.2, -0.15) is 0 Å². The third-order valence-electron chi connectivity index (χ3n) is 7.15. The third kappa shape index (κ3) is 7.09. The topological polar surface area (TPSA) is 88.2 Å². The molecule has 1 aliphatic carbocycles. The van der Waals surface area contributed by atoms with Gasteiger partial charge in [0.05, 0.1) is 4.90 Å². The maximum atomic E-state index is 12.6. The molecular weight excluding hydrogens is 454 g/mol. The van der Waals surface area contributed by atoms with Gasteiger partial charge < -0.3 is 14.4 Å². The Morgan fingerprint density at radius 1 is 0.941 bits per heavy atom. The number of piperazine rings is 1. The molecule has 4 rings (SSSR count). The van der Waals surface area contributed by atoms with Gasteiger partial charge in [-0.3, -0.25) is 9.69 Å². The first-order chi connectivity index (χ1) is 16.5. The van der Waals surface area contributed by atoms with E-state index in [1.54, 1.807) is 6.07 Å². The Hall–Kier alpha value is -1.84. The number of sulfonamides is 1. The maximum absolute atomic E-state index is 12.6. The number of benzene rings is 1. The SMILES string of the molecule is O=C(CCCCCNS(=O)(=O)c1ccc2c(c1)OCCO2)N1CCN(CC2CCCCC2)CC1. The number of nitrogens with zero attached hydrogens (tertiary/aromatic N) is 2. The van der Waals surface area contributed by atoms with Gasteiger partial charge in [0.2, 0.25) is 15.9 Å². The first-order valence-electron chi connectivity index (χ1n) is 12.9. The molecule has 1 saturated carbocycles. The number of rotatable bonds is 10. The molecule has 190 valence electrons. The number of ether oxygens (including phenoxy) is 2. The van der Waals surface area contributed by atoms with Crippen molar-refractivity contribution in [1.82, 2.24) is 14.5 Å². The number of unbranched alkanes of at least 4 members (excludes halogenated alkanes) is 2. The molecule has 2 aliphatic heterocycles. The van der Waals surface area contributed by atoms with E-state index < -0.39 is 10.0 Å². The van der Waals surface area contributed by atoms with E-state index in [1.165, 1.54) is 50.8 Å². The third-order valence-corrected chi connectivity index (χ3v) is 8.61. The van der Waals surface area contributed by atoms with E-state index >= 15 is 0 Å². The van der Waals surface area contributed by atoms with Crippen molar-refractivity contribution in [3.05, 3.63) is 18.2 Å². The van der Waals surface area contributed by atoms with E-state index in [2.05, 4.69) is 9.62 Å². The van der Waals surface area contributed by atoms with Crippen LogP contribution in [-0.2, 0) is 14.8 Å². The Balaban J connectivity index is 1.09. The van der Waals surface area contributed by atoms with Gasteiger partial charge in [0.15, 0.2) is 11.5 Å². The number of fused-ring (bicyclic) bond motifs is 1. The second-order valence-corrected chi connectivity index (χ2v) is 11.5. The normalized spacial score (nSPS) is 19.8. The Morgan fingerprint density at radius 2 is 1.68 bits per heavy atom. The second kappa shape index (κ2) is 12.2. The number of hydrogen-bond acceptors (Lipinski definition) is 6. The van der Waals surface area contributed by atoms with Crippen molar-refractivity contribution >= 4 is 15.9 Å². The van der Waals surface area contributed by atoms with Crippen molar-refractivity contribution in [2.24, 2.45) is 5.92 Å². The van der Waals surface area contributed by atoms with E-state index in [4.69, 9.17) is 9.47 Å². The molecule has 0 atom stereocenters. The molecule has 1 N–H and O–H groups in total. The highest BCUT2D eigenvalue weighted by molar-refractivity contribution is 7.89. The largest absolute Gasteiger partial charge is 0.486 e. The fourth-order valence-corrected chi connectivity index (χ4v) is 6.22. The van der Waals surface area contributed by atoms with Crippen LogP contribution in [0, 0.1) is 5.92 Å². The zero-order valence-corrected chi connectivity index (χ0v) is 21.0. The average molecular weight is 494 g/mol. The Bertz CT molecular complexity index is 909. The van der Waals surface area contributed by atoms with E-state index in [0.29, 0.717) is 44.1 Å². The van der Waals surface area contributed by atoms with Gasteiger partial charge in [-0.1, -0.05) is 25.7 Å².